The van der Waals surface area contributed by atoms with Gasteiger partial charge in [0.05, 0.1) is 24.8 Å². The molecule has 9 nitrogen and oxygen atoms in total. The third-order valence-corrected chi connectivity index (χ3v) is 12.8. The highest BCUT2D eigenvalue weighted by atomic mass is 28.4. The number of benzene rings is 2. The van der Waals surface area contributed by atoms with Crippen molar-refractivity contribution >= 4 is 14.2 Å². The molecule has 0 saturated heterocycles. The average molecular weight is 604 g/mol. The molecule has 3 aromatic rings. The molecule has 1 N–H and O–H groups in total. The molecular weight excluding hydrogens is 558 g/mol. The number of amides is 1. The molecular formula is C33H45N5O4Si. The van der Waals surface area contributed by atoms with Crippen LogP contribution in [0.1, 0.15) is 58.2 Å². The summed E-state index contributed by atoms with van der Waals surface area (Å²) in [5.74, 6) is 1.40. The quantitative estimate of drug-likeness (QED) is 0.281. The lowest BCUT2D eigenvalue weighted by molar-refractivity contribution is -0.123. The normalized spacial score (nSPS) is 15.0. The van der Waals surface area contributed by atoms with Crippen molar-refractivity contribution in [2.75, 3.05) is 26.2 Å². The molecule has 1 aromatic heterocycles. The number of carbonyl (C=O) groups is 1. The molecule has 0 saturated carbocycles. The zero-order valence-corrected chi connectivity index (χ0v) is 27.8. The first kappa shape index (κ1) is 32.4. The third-order valence-electron chi connectivity index (χ3n) is 8.27. The molecule has 1 amide bonds. The van der Waals surface area contributed by atoms with Gasteiger partial charge in [0.15, 0.2) is 8.32 Å². The van der Waals surface area contributed by atoms with Gasteiger partial charge in [0.1, 0.15) is 11.8 Å². The number of nitrogens with zero attached hydrogens (tertiary/aromatic N) is 4. The van der Waals surface area contributed by atoms with E-state index in [0.717, 1.165) is 31.5 Å². The number of nitriles is 1. The van der Waals surface area contributed by atoms with Gasteiger partial charge in [-0.3, -0.25) is 9.69 Å². The van der Waals surface area contributed by atoms with Gasteiger partial charge in [0, 0.05) is 30.3 Å². The fraction of sp³-hybridized carbons (Fsp3) is 0.515. The first-order chi connectivity index (χ1) is 20.3. The Balaban J connectivity index is 1.35. The number of hydrogen-bond acceptors (Lipinski definition) is 8. The SMILES string of the molecule is CC(C)Oc1ccc(-c2nc(-c3ccc4c(c3)CCN(CC(=O)N[C@H](C)CO[Si](C)(C)C(C)(C)C)CC4)no2)cc1C#N. The van der Waals surface area contributed by atoms with E-state index in [1.165, 1.54) is 11.1 Å². The maximum atomic E-state index is 12.8. The Labute approximate surface area is 256 Å². The molecule has 1 aliphatic heterocycles. The van der Waals surface area contributed by atoms with Gasteiger partial charge >= 0.3 is 0 Å². The summed E-state index contributed by atoms with van der Waals surface area (Å²) in [5.41, 5.74) is 4.45. The molecule has 0 unspecified atom stereocenters. The second-order valence-electron chi connectivity index (χ2n) is 13.2. The van der Waals surface area contributed by atoms with Crippen LogP contribution in [0.15, 0.2) is 40.9 Å². The highest BCUT2D eigenvalue weighted by molar-refractivity contribution is 6.74. The summed E-state index contributed by atoms with van der Waals surface area (Å²) in [6.45, 7) is 19.5. The van der Waals surface area contributed by atoms with Crippen molar-refractivity contribution in [1.29, 1.82) is 5.26 Å². The van der Waals surface area contributed by atoms with Crippen LogP contribution in [0.2, 0.25) is 18.1 Å². The zero-order valence-electron chi connectivity index (χ0n) is 26.8. The topological polar surface area (TPSA) is 114 Å². The Hall–Kier alpha value is -3.52. The largest absolute Gasteiger partial charge is 0.490 e. The molecule has 10 heteroatoms. The third kappa shape index (κ3) is 8.31. The van der Waals surface area contributed by atoms with Gasteiger partial charge in [0.25, 0.3) is 5.89 Å². The molecule has 2 aromatic carbocycles. The van der Waals surface area contributed by atoms with E-state index in [9.17, 15) is 10.1 Å². The predicted octanol–water partition coefficient (Wildman–Crippen LogP) is 5.99. The van der Waals surface area contributed by atoms with Crippen LogP contribution in [0.25, 0.3) is 22.8 Å². The highest BCUT2D eigenvalue weighted by Crippen LogP contribution is 2.36. The number of nitrogens with one attached hydrogen (secondary N) is 1. The number of rotatable bonds is 10. The average Bonchev–Trinajstić information content (AvgIpc) is 3.35. The van der Waals surface area contributed by atoms with E-state index in [1.54, 1.807) is 12.1 Å². The second-order valence-corrected chi connectivity index (χ2v) is 18.0. The summed E-state index contributed by atoms with van der Waals surface area (Å²) in [6, 6.07) is 13.7. The van der Waals surface area contributed by atoms with Crippen molar-refractivity contribution in [3.63, 3.8) is 0 Å². The van der Waals surface area contributed by atoms with Gasteiger partial charge in [-0.25, -0.2) is 0 Å². The van der Waals surface area contributed by atoms with Crippen molar-refractivity contribution in [2.45, 2.75) is 84.7 Å². The molecule has 1 aliphatic rings. The second kappa shape index (κ2) is 13.4. The van der Waals surface area contributed by atoms with Gasteiger partial charge < -0.3 is 19.0 Å². The first-order valence-electron chi connectivity index (χ1n) is 15.1. The van der Waals surface area contributed by atoms with Crippen LogP contribution in [0.5, 0.6) is 5.75 Å². The molecule has 43 heavy (non-hydrogen) atoms. The fourth-order valence-corrected chi connectivity index (χ4v) is 5.85. The number of ether oxygens (including phenoxy) is 1. The Morgan fingerprint density at radius 1 is 1.09 bits per heavy atom. The minimum Gasteiger partial charge on any atom is -0.490 e. The number of aromatic nitrogens is 2. The molecule has 0 spiro atoms. The van der Waals surface area contributed by atoms with Crippen LogP contribution in [0, 0.1) is 11.3 Å². The number of hydrogen-bond donors (Lipinski definition) is 1. The summed E-state index contributed by atoms with van der Waals surface area (Å²) in [5, 5.41) is 17.1. The van der Waals surface area contributed by atoms with Crippen LogP contribution < -0.4 is 10.1 Å². The summed E-state index contributed by atoms with van der Waals surface area (Å²) >= 11 is 0. The lowest BCUT2D eigenvalue weighted by Gasteiger charge is -2.37. The Bertz CT molecular complexity index is 1470. The minimum absolute atomic E-state index is 0.0284. The Morgan fingerprint density at radius 3 is 2.47 bits per heavy atom. The molecule has 0 radical (unpaired) electrons. The lowest BCUT2D eigenvalue weighted by atomic mass is 10.00. The predicted molar refractivity (Wildman–Crippen MR) is 170 cm³/mol. The summed E-state index contributed by atoms with van der Waals surface area (Å²) in [7, 11) is -1.85. The summed E-state index contributed by atoms with van der Waals surface area (Å²) < 4.78 is 17.6. The lowest BCUT2D eigenvalue weighted by Crippen LogP contribution is -2.47. The van der Waals surface area contributed by atoms with Crippen molar-refractivity contribution in [1.82, 2.24) is 20.4 Å². The summed E-state index contributed by atoms with van der Waals surface area (Å²) in [4.78, 5) is 19.7. The molecule has 1 atom stereocenters. The van der Waals surface area contributed by atoms with Crippen molar-refractivity contribution in [2.24, 2.45) is 0 Å². The smallest absolute Gasteiger partial charge is 0.258 e. The van der Waals surface area contributed by atoms with Gasteiger partial charge in [-0.05, 0) is 87.1 Å². The Morgan fingerprint density at radius 2 is 1.79 bits per heavy atom. The van der Waals surface area contributed by atoms with Crippen LogP contribution >= 0.6 is 0 Å². The fourth-order valence-electron chi connectivity index (χ4n) is 4.75. The maximum absolute atomic E-state index is 12.8. The standard InChI is InChI=1S/C33H45N5O4Si/c1-22(2)41-29-12-11-27(18-28(29)19-34)32-36-31(37-42-32)26-10-9-24-13-15-38(16-14-25(24)17-26)20-30(39)35-23(3)21-40-43(7,8)33(4,5)6/h9-12,17-18,22-23H,13-16,20-21H2,1-8H3,(H,35,39)/t23-/m1/s1. The summed E-state index contributed by atoms with van der Waals surface area (Å²) in [6.07, 6.45) is 1.66. The number of carbonyl (C=O) groups excluding carboxylic acids is 1. The van der Waals surface area contributed by atoms with Gasteiger partial charge in [0.2, 0.25) is 11.7 Å². The van der Waals surface area contributed by atoms with Crippen LogP contribution in [-0.2, 0) is 22.1 Å². The molecule has 0 bridgehead atoms. The van der Waals surface area contributed by atoms with Crippen molar-refractivity contribution < 1.29 is 18.5 Å². The monoisotopic (exact) mass is 603 g/mol. The maximum Gasteiger partial charge on any atom is 0.258 e. The van der Waals surface area contributed by atoms with Crippen LogP contribution in [0.3, 0.4) is 0 Å². The Kier molecular flexibility index (Phi) is 10.1. The van der Waals surface area contributed by atoms with E-state index < -0.39 is 8.32 Å². The van der Waals surface area contributed by atoms with E-state index in [1.807, 2.05) is 32.9 Å². The van der Waals surface area contributed by atoms with Gasteiger partial charge in [-0.1, -0.05) is 38.1 Å². The highest BCUT2D eigenvalue weighted by Gasteiger charge is 2.37. The van der Waals surface area contributed by atoms with Crippen LogP contribution in [0.4, 0.5) is 0 Å². The molecule has 230 valence electrons. The molecule has 4 rings (SSSR count). The van der Waals surface area contributed by atoms with Crippen molar-refractivity contribution in [3.05, 3.63) is 53.1 Å². The number of fused-ring (bicyclic) bond motifs is 1. The van der Waals surface area contributed by atoms with E-state index in [2.05, 4.69) is 72.4 Å². The van der Waals surface area contributed by atoms with E-state index in [-0.39, 0.29) is 23.1 Å². The molecule has 2 heterocycles. The van der Waals surface area contributed by atoms with Gasteiger partial charge in [-0.2, -0.15) is 10.2 Å². The van der Waals surface area contributed by atoms with Gasteiger partial charge in [-0.15, -0.1) is 0 Å². The minimum atomic E-state index is -1.85. The molecule has 0 fully saturated rings. The molecule has 0 aliphatic carbocycles. The van der Waals surface area contributed by atoms with E-state index >= 15 is 0 Å². The van der Waals surface area contributed by atoms with Crippen molar-refractivity contribution in [3.8, 4) is 34.7 Å². The van der Waals surface area contributed by atoms with Crippen LogP contribution in [-0.4, -0.2) is 67.7 Å². The van der Waals surface area contributed by atoms with E-state index in [0.29, 0.717) is 41.7 Å². The van der Waals surface area contributed by atoms with E-state index in [4.69, 9.17) is 13.7 Å². The first-order valence-corrected chi connectivity index (χ1v) is 18.0. The zero-order chi connectivity index (χ0) is 31.4.